The average molecular weight is 378 g/mol. The number of hydrogen-bond donors (Lipinski definition) is 1. The molecule has 1 amide bonds. The standard InChI is InChI=1S/C21H18N2O5/c24-20(18-12-6-2-7-13-18)22-28-21(23(25)26,19-14-8-3-9-15-19)27-16-17-10-4-1-5-11-17/h1-15H,16H2,(H,22,24). The van der Waals surface area contributed by atoms with Crippen molar-refractivity contribution < 1.29 is 19.3 Å². The third kappa shape index (κ3) is 4.40. The average Bonchev–Trinajstić information content (AvgIpc) is 2.75. The zero-order valence-corrected chi connectivity index (χ0v) is 14.9. The van der Waals surface area contributed by atoms with Gasteiger partial charge in [0.25, 0.3) is 5.91 Å². The molecule has 0 saturated carbocycles. The summed E-state index contributed by atoms with van der Waals surface area (Å²) < 4.78 is 5.61. The number of hydroxylamine groups is 1. The molecule has 142 valence electrons. The number of nitrogens with one attached hydrogen (secondary N) is 1. The second-order valence-corrected chi connectivity index (χ2v) is 5.88. The predicted octanol–water partition coefficient (Wildman–Crippen LogP) is 3.65. The minimum Gasteiger partial charge on any atom is -0.280 e. The van der Waals surface area contributed by atoms with E-state index in [9.17, 15) is 14.9 Å². The quantitative estimate of drug-likeness (QED) is 0.367. The highest BCUT2D eigenvalue weighted by Gasteiger charge is 2.50. The lowest BCUT2D eigenvalue weighted by molar-refractivity contribution is -0.713. The molecule has 0 saturated heterocycles. The van der Waals surface area contributed by atoms with Gasteiger partial charge in [0, 0.05) is 5.56 Å². The third-order valence-corrected chi connectivity index (χ3v) is 3.97. The van der Waals surface area contributed by atoms with Gasteiger partial charge in [0.1, 0.15) is 0 Å². The molecule has 0 heterocycles. The molecular weight excluding hydrogens is 360 g/mol. The van der Waals surface area contributed by atoms with Gasteiger partial charge in [-0.15, -0.1) is 0 Å². The topological polar surface area (TPSA) is 90.7 Å². The van der Waals surface area contributed by atoms with Crippen LogP contribution >= 0.6 is 0 Å². The van der Waals surface area contributed by atoms with E-state index < -0.39 is 16.7 Å². The van der Waals surface area contributed by atoms with Crippen molar-refractivity contribution in [3.63, 3.8) is 0 Å². The second-order valence-electron chi connectivity index (χ2n) is 5.88. The van der Waals surface area contributed by atoms with Gasteiger partial charge in [0.05, 0.1) is 17.1 Å². The van der Waals surface area contributed by atoms with Crippen LogP contribution in [0.25, 0.3) is 0 Å². The van der Waals surface area contributed by atoms with Gasteiger partial charge in [-0.25, -0.2) is 5.48 Å². The summed E-state index contributed by atoms with van der Waals surface area (Å²) in [6.45, 7) is -0.0854. The largest absolute Gasteiger partial charge is 0.490 e. The van der Waals surface area contributed by atoms with Crippen LogP contribution in [-0.4, -0.2) is 10.8 Å². The summed E-state index contributed by atoms with van der Waals surface area (Å²) >= 11 is 0. The molecule has 1 unspecified atom stereocenters. The highest BCUT2D eigenvalue weighted by molar-refractivity contribution is 5.93. The molecule has 3 aromatic carbocycles. The summed E-state index contributed by atoms with van der Waals surface area (Å²) in [5.74, 6) is -3.02. The van der Waals surface area contributed by atoms with Crippen LogP contribution in [0.4, 0.5) is 0 Å². The first-order valence-corrected chi connectivity index (χ1v) is 8.53. The molecule has 0 bridgehead atoms. The van der Waals surface area contributed by atoms with Crippen molar-refractivity contribution in [3.05, 3.63) is 118 Å². The van der Waals surface area contributed by atoms with Crippen LogP contribution in [0.1, 0.15) is 21.5 Å². The van der Waals surface area contributed by atoms with Gasteiger partial charge in [-0.05, 0) is 29.8 Å². The molecular formula is C21H18N2O5. The number of benzene rings is 3. The molecule has 0 fully saturated rings. The summed E-state index contributed by atoms with van der Waals surface area (Å²) in [5, 5.41) is 12.0. The van der Waals surface area contributed by atoms with Crippen LogP contribution in [0.2, 0.25) is 0 Å². The first kappa shape index (κ1) is 19.2. The second kappa shape index (κ2) is 8.90. The first-order chi connectivity index (χ1) is 13.6. The summed E-state index contributed by atoms with van der Waals surface area (Å²) in [5.41, 5.74) is 3.32. The smallest absolute Gasteiger partial charge is 0.280 e. The van der Waals surface area contributed by atoms with Crippen molar-refractivity contribution in [1.82, 2.24) is 5.48 Å². The fourth-order valence-corrected chi connectivity index (χ4v) is 2.54. The molecule has 7 nitrogen and oxygen atoms in total. The van der Waals surface area contributed by atoms with E-state index in [0.717, 1.165) is 5.56 Å². The van der Waals surface area contributed by atoms with Crippen LogP contribution in [-0.2, 0) is 22.1 Å². The maximum atomic E-state index is 12.3. The lowest BCUT2D eigenvalue weighted by atomic mass is 10.1. The number of amides is 1. The SMILES string of the molecule is O=C(NOC(OCc1ccccc1)(c1ccccc1)[N+](=O)[O-])c1ccccc1. The first-order valence-electron chi connectivity index (χ1n) is 8.53. The van der Waals surface area contributed by atoms with E-state index in [1.807, 2.05) is 6.07 Å². The number of rotatable bonds is 8. The van der Waals surface area contributed by atoms with Crippen LogP contribution < -0.4 is 5.48 Å². The molecule has 1 atom stereocenters. The monoisotopic (exact) mass is 378 g/mol. The molecule has 3 aromatic rings. The van der Waals surface area contributed by atoms with Crippen molar-refractivity contribution >= 4 is 5.91 Å². The highest BCUT2D eigenvalue weighted by Crippen LogP contribution is 2.28. The number of hydrogen-bond acceptors (Lipinski definition) is 5. The van der Waals surface area contributed by atoms with Crippen LogP contribution in [0.15, 0.2) is 91.0 Å². The molecule has 28 heavy (non-hydrogen) atoms. The Labute approximate surface area is 161 Å². The molecule has 0 aliphatic heterocycles. The molecule has 0 aromatic heterocycles. The van der Waals surface area contributed by atoms with E-state index in [1.165, 1.54) is 12.1 Å². The third-order valence-electron chi connectivity index (χ3n) is 3.97. The normalized spacial score (nSPS) is 12.7. The minimum atomic E-state index is -2.40. The predicted molar refractivity (Wildman–Crippen MR) is 101 cm³/mol. The van der Waals surface area contributed by atoms with Crippen molar-refractivity contribution in [2.24, 2.45) is 0 Å². The van der Waals surface area contributed by atoms with E-state index in [-0.39, 0.29) is 12.2 Å². The lowest BCUT2D eigenvalue weighted by Crippen LogP contribution is -2.46. The van der Waals surface area contributed by atoms with E-state index >= 15 is 0 Å². The zero-order chi connectivity index (χ0) is 19.8. The van der Waals surface area contributed by atoms with Crippen molar-refractivity contribution in [1.29, 1.82) is 0 Å². The zero-order valence-electron chi connectivity index (χ0n) is 14.9. The Balaban J connectivity index is 1.86. The van der Waals surface area contributed by atoms with Crippen molar-refractivity contribution in [3.8, 4) is 0 Å². The van der Waals surface area contributed by atoms with E-state index in [1.54, 1.807) is 72.8 Å². The number of ether oxygens (including phenoxy) is 1. The Hall–Kier alpha value is -3.55. The number of carbonyl (C=O) groups excluding carboxylic acids is 1. The van der Waals surface area contributed by atoms with Gasteiger partial charge in [-0.3, -0.25) is 19.6 Å². The summed E-state index contributed by atoms with van der Waals surface area (Å²) in [6.07, 6.45) is 0. The molecule has 7 heteroatoms. The molecule has 0 aliphatic rings. The van der Waals surface area contributed by atoms with Crippen molar-refractivity contribution in [2.45, 2.75) is 12.5 Å². The number of carbonyl (C=O) groups is 1. The molecule has 1 N–H and O–H groups in total. The fourth-order valence-electron chi connectivity index (χ4n) is 2.54. The summed E-state index contributed by atoms with van der Waals surface area (Å²) in [7, 11) is 0. The molecule has 0 radical (unpaired) electrons. The minimum absolute atomic E-state index is 0.0854. The van der Waals surface area contributed by atoms with E-state index in [4.69, 9.17) is 9.57 Å². The summed E-state index contributed by atoms with van der Waals surface area (Å²) in [4.78, 5) is 28.9. The van der Waals surface area contributed by atoms with E-state index in [0.29, 0.717) is 5.56 Å². The van der Waals surface area contributed by atoms with Crippen molar-refractivity contribution in [2.75, 3.05) is 0 Å². The summed E-state index contributed by atoms with van der Waals surface area (Å²) in [6, 6.07) is 25.2. The number of nitrogens with zero attached hydrogens (tertiary/aromatic N) is 1. The fraction of sp³-hybridized carbons (Fsp3) is 0.0952. The van der Waals surface area contributed by atoms with E-state index in [2.05, 4.69) is 5.48 Å². The van der Waals surface area contributed by atoms with Gasteiger partial charge in [-0.2, -0.15) is 4.84 Å². The maximum absolute atomic E-state index is 12.3. The van der Waals surface area contributed by atoms with Crippen LogP contribution in [0.3, 0.4) is 0 Å². The maximum Gasteiger partial charge on any atom is 0.490 e. The Morgan fingerprint density at radius 1 is 0.893 bits per heavy atom. The Bertz CT molecular complexity index is 919. The molecule has 3 rings (SSSR count). The Morgan fingerprint density at radius 2 is 1.43 bits per heavy atom. The lowest BCUT2D eigenvalue weighted by Gasteiger charge is -2.24. The Morgan fingerprint density at radius 3 is 2.00 bits per heavy atom. The van der Waals surface area contributed by atoms with Gasteiger partial charge in [0.15, 0.2) is 0 Å². The highest BCUT2D eigenvalue weighted by atomic mass is 16.9. The van der Waals surface area contributed by atoms with Gasteiger partial charge < -0.3 is 0 Å². The van der Waals surface area contributed by atoms with Crippen LogP contribution in [0, 0.1) is 10.1 Å². The molecule has 0 spiro atoms. The van der Waals surface area contributed by atoms with Gasteiger partial charge in [0.2, 0.25) is 0 Å². The van der Waals surface area contributed by atoms with Gasteiger partial charge in [-0.1, -0.05) is 66.7 Å². The van der Waals surface area contributed by atoms with Crippen LogP contribution in [0.5, 0.6) is 0 Å². The van der Waals surface area contributed by atoms with Gasteiger partial charge >= 0.3 is 5.91 Å². The molecule has 0 aliphatic carbocycles. The number of nitro groups is 1. The Kier molecular flexibility index (Phi) is 6.11.